The molecule has 0 radical (unpaired) electrons. The molecular weight excluding hydrogens is 250 g/mol. The lowest BCUT2D eigenvalue weighted by molar-refractivity contribution is -0.151. The summed E-state index contributed by atoms with van der Waals surface area (Å²) in [6, 6.07) is -0.213. The number of carboxylic acids is 1. The first-order valence-electron chi connectivity index (χ1n) is 6.29. The Bertz CT molecular complexity index is 446. The average molecular weight is 267 g/mol. The summed E-state index contributed by atoms with van der Waals surface area (Å²) >= 11 is 0. The lowest BCUT2D eigenvalue weighted by Gasteiger charge is -2.17. The van der Waals surface area contributed by atoms with E-state index in [4.69, 9.17) is 9.84 Å². The Labute approximate surface area is 110 Å². The summed E-state index contributed by atoms with van der Waals surface area (Å²) in [5, 5.41) is 11.6. The number of rotatable bonds is 5. The number of H-pyrrole nitrogens is 1. The van der Waals surface area contributed by atoms with Crippen LogP contribution < -0.4 is 5.32 Å². The van der Waals surface area contributed by atoms with Crippen LogP contribution in [0, 0.1) is 0 Å². The number of carbonyl (C=O) groups excluding carboxylic acids is 1. The Morgan fingerprint density at radius 2 is 2.32 bits per heavy atom. The van der Waals surface area contributed by atoms with Gasteiger partial charge in [-0.3, -0.25) is 4.79 Å². The van der Waals surface area contributed by atoms with Gasteiger partial charge in [-0.25, -0.2) is 9.78 Å². The van der Waals surface area contributed by atoms with Crippen LogP contribution in [0.15, 0.2) is 12.4 Å². The van der Waals surface area contributed by atoms with E-state index in [1.807, 2.05) is 6.92 Å². The average Bonchev–Trinajstić information content (AvgIpc) is 3.05. The molecule has 0 saturated carbocycles. The van der Waals surface area contributed by atoms with Crippen LogP contribution in [-0.2, 0) is 14.3 Å². The minimum atomic E-state index is -1.02. The van der Waals surface area contributed by atoms with Crippen LogP contribution in [0.4, 0.5) is 0 Å². The van der Waals surface area contributed by atoms with E-state index >= 15 is 0 Å². The van der Waals surface area contributed by atoms with Gasteiger partial charge in [0.05, 0.1) is 6.04 Å². The van der Waals surface area contributed by atoms with E-state index in [0.717, 1.165) is 0 Å². The minimum absolute atomic E-state index is 0.213. The number of hydrogen-bond donors (Lipinski definition) is 3. The van der Waals surface area contributed by atoms with E-state index in [1.54, 1.807) is 12.4 Å². The number of carboxylic acid groups (broad SMARTS) is 1. The standard InChI is InChI=1S/C12H17N3O4/c1-2-7(10-13-5-6-14-10)15-11(16)8-3-4-9(19-8)12(17)18/h5-9H,2-4H2,1H3,(H,13,14)(H,15,16)(H,17,18). The van der Waals surface area contributed by atoms with Gasteiger partial charge >= 0.3 is 5.97 Å². The van der Waals surface area contributed by atoms with E-state index in [9.17, 15) is 9.59 Å². The maximum absolute atomic E-state index is 12.0. The van der Waals surface area contributed by atoms with Gasteiger partial charge in [0.2, 0.25) is 5.91 Å². The molecule has 0 aromatic carbocycles. The summed E-state index contributed by atoms with van der Waals surface area (Å²) in [7, 11) is 0. The van der Waals surface area contributed by atoms with Crippen LogP contribution in [0.25, 0.3) is 0 Å². The number of nitrogens with zero attached hydrogens (tertiary/aromatic N) is 1. The zero-order chi connectivity index (χ0) is 13.8. The second-order valence-electron chi connectivity index (χ2n) is 4.47. The summed E-state index contributed by atoms with van der Waals surface area (Å²) in [6.45, 7) is 1.93. The maximum atomic E-state index is 12.0. The molecule has 0 spiro atoms. The van der Waals surface area contributed by atoms with Crippen molar-refractivity contribution in [2.75, 3.05) is 0 Å². The SMILES string of the molecule is CCC(NC(=O)C1CCC(C(=O)O)O1)c1ncc[nH]1. The molecule has 0 aliphatic carbocycles. The molecule has 7 heteroatoms. The molecule has 0 bridgehead atoms. The summed E-state index contributed by atoms with van der Waals surface area (Å²) < 4.78 is 5.21. The van der Waals surface area contributed by atoms with Gasteiger partial charge in [0.25, 0.3) is 0 Å². The van der Waals surface area contributed by atoms with Crippen LogP contribution in [-0.4, -0.2) is 39.2 Å². The van der Waals surface area contributed by atoms with Gasteiger partial charge in [-0.1, -0.05) is 6.92 Å². The molecule has 3 atom stereocenters. The van der Waals surface area contributed by atoms with Crippen molar-refractivity contribution in [3.05, 3.63) is 18.2 Å². The van der Waals surface area contributed by atoms with Crippen molar-refractivity contribution in [3.63, 3.8) is 0 Å². The number of nitrogens with one attached hydrogen (secondary N) is 2. The molecule has 1 fully saturated rings. The highest BCUT2D eigenvalue weighted by atomic mass is 16.5. The first-order chi connectivity index (χ1) is 9.11. The van der Waals surface area contributed by atoms with Gasteiger partial charge in [0, 0.05) is 12.4 Å². The quantitative estimate of drug-likeness (QED) is 0.725. The van der Waals surface area contributed by atoms with Crippen LogP contribution >= 0.6 is 0 Å². The van der Waals surface area contributed by atoms with Gasteiger partial charge in [-0.05, 0) is 19.3 Å². The van der Waals surface area contributed by atoms with Crippen LogP contribution in [0.5, 0.6) is 0 Å². The summed E-state index contributed by atoms with van der Waals surface area (Å²) in [4.78, 5) is 29.8. The Balaban J connectivity index is 1.92. The molecule has 19 heavy (non-hydrogen) atoms. The number of carbonyl (C=O) groups is 2. The molecule has 104 valence electrons. The Hall–Kier alpha value is -1.89. The third kappa shape index (κ3) is 3.11. The molecular formula is C12H17N3O4. The molecule has 2 heterocycles. The predicted molar refractivity (Wildman–Crippen MR) is 65.3 cm³/mol. The highest BCUT2D eigenvalue weighted by Gasteiger charge is 2.35. The molecule has 1 aromatic heterocycles. The fourth-order valence-corrected chi connectivity index (χ4v) is 2.11. The van der Waals surface area contributed by atoms with Gasteiger partial charge in [-0.15, -0.1) is 0 Å². The Kier molecular flexibility index (Phi) is 4.16. The molecule has 1 aromatic rings. The third-order valence-corrected chi connectivity index (χ3v) is 3.16. The van der Waals surface area contributed by atoms with Crippen molar-refractivity contribution in [2.45, 2.75) is 44.4 Å². The van der Waals surface area contributed by atoms with Gasteiger partial charge < -0.3 is 20.1 Å². The largest absolute Gasteiger partial charge is 0.479 e. The minimum Gasteiger partial charge on any atom is -0.479 e. The lowest BCUT2D eigenvalue weighted by atomic mass is 10.1. The number of aromatic nitrogens is 2. The second-order valence-corrected chi connectivity index (χ2v) is 4.47. The van der Waals surface area contributed by atoms with Crippen LogP contribution in [0.2, 0.25) is 0 Å². The number of aliphatic carboxylic acids is 1. The fourth-order valence-electron chi connectivity index (χ4n) is 2.11. The molecule has 1 saturated heterocycles. The fraction of sp³-hybridized carbons (Fsp3) is 0.583. The van der Waals surface area contributed by atoms with Crippen molar-refractivity contribution in [1.82, 2.24) is 15.3 Å². The Morgan fingerprint density at radius 3 is 2.84 bits per heavy atom. The van der Waals surface area contributed by atoms with Gasteiger partial charge in [0.1, 0.15) is 11.9 Å². The molecule has 3 N–H and O–H groups in total. The zero-order valence-corrected chi connectivity index (χ0v) is 10.6. The maximum Gasteiger partial charge on any atom is 0.332 e. The van der Waals surface area contributed by atoms with Crippen LogP contribution in [0.3, 0.4) is 0 Å². The first-order valence-corrected chi connectivity index (χ1v) is 6.29. The predicted octanol–water partition coefficient (Wildman–Crippen LogP) is 0.609. The number of hydrogen-bond acceptors (Lipinski definition) is 4. The third-order valence-electron chi connectivity index (χ3n) is 3.16. The molecule has 1 aliphatic heterocycles. The molecule has 1 aliphatic rings. The van der Waals surface area contributed by atoms with E-state index in [-0.39, 0.29) is 11.9 Å². The number of imidazole rings is 1. The summed E-state index contributed by atoms with van der Waals surface area (Å²) in [5.74, 6) is -0.621. The van der Waals surface area contributed by atoms with Crippen molar-refractivity contribution in [1.29, 1.82) is 0 Å². The van der Waals surface area contributed by atoms with Crippen molar-refractivity contribution < 1.29 is 19.4 Å². The molecule has 7 nitrogen and oxygen atoms in total. The van der Waals surface area contributed by atoms with Crippen molar-refractivity contribution in [3.8, 4) is 0 Å². The monoisotopic (exact) mass is 267 g/mol. The Morgan fingerprint density at radius 1 is 1.58 bits per heavy atom. The van der Waals surface area contributed by atoms with Gasteiger partial charge in [0.15, 0.2) is 6.10 Å². The van der Waals surface area contributed by atoms with E-state index in [1.165, 1.54) is 0 Å². The normalized spacial score (nSPS) is 24.1. The highest BCUT2D eigenvalue weighted by Crippen LogP contribution is 2.21. The topological polar surface area (TPSA) is 104 Å². The second kappa shape index (κ2) is 5.83. The highest BCUT2D eigenvalue weighted by molar-refractivity contribution is 5.82. The molecule has 1 amide bonds. The number of amides is 1. The van der Waals surface area contributed by atoms with Gasteiger partial charge in [-0.2, -0.15) is 0 Å². The molecule has 2 rings (SSSR count). The van der Waals surface area contributed by atoms with Crippen LogP contribution in [0.1, 0.15) is 38.1 Å². The van der Waals surface area contributed by atoms with E-state index in [0.29, 0.717) is 25.1 Å². The van der Waals surface area contributed by atoms with E-state index in [2.05, 4.69) is 15.3 Å². The first kappa shape index (κ1) is 13.5. The summed E-state index contributed by atoms with van der Waals surface area (Å²) in [6.07, 6.45) is 3.23. The summed E-state index contributed by atoms with van der Waals surface area (Å²) in [5.41, 5.74) is 0. The van der Waals surface area contributed by atoms with E-state index < -0.39 is 18.2 Å². The number of ether oxygens (including phenoxy) is 1. The zero-order valence-electron chi connectivity index (χ0n) is 10.6. The molecule has 3 unspecified atom stereocenters. The number of aromatic amines is 1. The lowest BCUT2D eigenvalue weighted by Crippen LogP contribution is -2.38. The smallest absolute Gasteiger partial charge is 0.332 e. The van der Waals surface area contributed by atoms with Crippen molar-refractivity contribution in [2.24, 2.45) is 0 Å². The van der Waals surface area contributed by atoms with Crippen molar-refractivity contribution >= 4 is 11.9 Å².